The van der Waals surface area contributed by atoms with Gasteiger partial charge in [0.1, 0.15) is 29.4 Å². The van der Waals surface area contributed by atoms with E-state index >= 15 is 0 Å². The van der Waals surface area contributed by atoms with Crippen LogP contribution >= 0.6 is 0 Å². The molecule has 0 saturated carbocycles. The lowest BCUT2D eigenvalue weighted by atomic mass is 10.0. The van der Waals surface area contributed by atoms with Crippen molar-refractivity contribution in [3.63, 3.8) is 0 Å². The van der Waals surface area contributed by atoms with Crippen molar-refractivity contribution in [2.24, 2.45) is 0 Å². The maximum Gasteiger partial charge on any atom is 0.419 e. The van der Waals surface area contributed by atoms with E-state index in [4.69, 9.17) is 0 Å². The molecule has 5 nitrogen and oxygen atoms in total. The summed E-state index contributed by atoms with van der Waals surface area (Å²) in [6.07, 6.45) is -4.50. The number of benzene rings is 1. The molecule has 0 bridgehead atoms. The molecule has 0 spiro atoms. The molecule has 0 radical (unpaired) electrons. The minimum absolute atomic E-state index is 0.0334. The summed E-state index contributed by atoms with van der Waals surface area (Å²) in [6, 6.07) is 1.85. The molecule has 2 aromatic heterocycles. The van der Waals surface area contributed by atoms with E-state index < -0.39 is 35.8 Å². The number of aryl methyl sites for hydroxylation is 1. The van der Waals surface area contributed by atoms with E-state index in [9.17, 15) is 26.7 Å². The fourth-order valence-electron chi connectivity index (χ4n) is 3.05. The van der Waals surface area contributed by atoms with Crippen LogP contribution in [0.4, 0.5) is 22.0 Å². The molecular formula is C19H21F5N4O. The summed E-state index contributed by atoms with van der Waals surface area (Å²) in [7, 11) is 0. The summed E-state index contributed by atoms with van der Waals surface area (Å²) in [4.78, 5) is 18.8. The number of nitrogens with one attached hydrogen (secondary N) is 1. The van der Waals surface area contributed by atoms with Crippen LogP contribution in [-0.4, -0.2) is 19.7 Å². The Hall–Kier alpha value is -2.78. The maximum absolute atomic E-state index is 14.0. The highest BCUT2D eigenvalue weighted by Crippen LogP contribution is 2.34. The van der Waals surface area contributed by atoms with Gasteiger partial charge in [-0.1, -0.05) is 26.8 Å². The Balaban J connectivity index is 0.00000145. The van der Waals surface area contributed by atoms with E-state index in [0.29, 0.717) is 12.5 Å². The highest BCUT2D eigenvalue weighted by atomic mass is 19.4. The van der Waals surface area contributed by atoms with Gasteiger partial charge in [0.2, 0.25) is 0 Å². The van der Waals surface area contributed by atoms with Crippen molar-refractivity contribution in [3.05, 3.63) is 57.0 Å². The van der Waals surface area contributed by atoms with Crippen LogP contribution in [0.1, 0.15) is 55.9 Å². The number of fused-ring (bicyclic) bond motifs is 1. The van der Waals surface area contributed by atoms with Crippen molar-refractivity contribution in [2.45, 2.75) is 53.0 Å². The number of aromatic amines is 1. The maximum atomic E-state index is 14.0. The predicted octanol–water partition coefficient (Wildman–Crippen LogP) is 5.08. The van der Waals surface area contributed by atoms with Crippen LogP contribution in [-0.2, 0) is 12.9 Å². The summed E-state index contributed by atoms with van der Waals surface area (Å²) < 4.78 is 66.9. The Morgan fingerprint density at radius 3 is 2.41 bits per heavy atom. The van der Waals surface area contributed by atoms with Gasteiger partial charge in [0.15, 0.2) is 5.65 Å². The summed E-state index contributed by atoms with van der Waals surface area (Å²) in [6.45, 7) is 6.23. The highest BCUT2D eigenvalue weighted by Gasteiger charge is 2.34. The second-order valence-electron chi connectivity index (χ2n) is 6.04. The lowest BCUT2D eigenvalue weighted by molar-refractivity contribution is -0.140. The molecule has 0 fully saturated rings. The third kappa shape index (κ3) is 4.30. The van der Waals surface area contributed by atoms with E-state index in [1.807, 2.05) is 13.8 Å². The van der Waals surface area contributed by atoms with Crippen molar-refractivity contribution in [3.8, 4) is 0 Å². The fourth-order valence-corrected chi connectivity index (χ4v) is 3.05. The van der Waals surface area contributed by atoms with Gasteiger partial charge in [-0.05, 0) is 31.0 Å². The van der Waals surface area contributed by atoms with Gasteiger partial charge >= 0.3 is 6.18 Å². The van der Waals surface area contributed by atoms with Gasteiger partial charge in [-0.3, -0.25) is 4.79 Å². The summed E-state index contributed by atoms with van der Waals surface area (Å²) in [5, 5.41) is 4.04. The second kappa shape index (κ2) is 8.71. The van der Waals surface area contributed by atoms with Crippen molar-refractivity contribution in [1.82, 2.24) is 19.7 Å². The van der Waals surface area contributed by atoms with Crippen LogP contribution in [0.5, 0.6) is 0 Å². The zero-order chi connectivity index (χ0) is 21.9. The van der Waals surface area contributed by atoms with E-state index in [-0.39, 0.29) is 28.1 Å². The van der Waals surface area contributed by atoms with Gasteiger partial charge in [0, 0.05) is 0 Å². The molecule has 1 atom stereocenters. The van der Waals surface area contributed by atoms with E-state index in [0.717, 1.165) is 12.1 Å². The zero-order valence-electron chi connectivity index (χ0n) is 16.4. The molecule has 1 N–H and O–H groups in total. The van der Waals surface area contributed by atoms with Gasteiger partial charge in [-0.25, -0.2) is 18.4 Å². The standard InChI is InChI=1S/C17H15F5N4O.C2H6/c1-3-13(9-4-5-10(11(19)6-9)17(20,21)22)26-15-14(12(7-18)25-26)16(27)24-8(2)23-15;1-2/h4-6,13H,3,7H2,1-2H3,(H,23,24,27);1-2H3. The van der Waals surface area contributed by atoms with Crippen LogP contribution in [0.3, 0.4) is 0 Å². The first-order valence-electron chi connectivity index (χ1n) is 9.08. The molecule has 3 rings (SSSR count). The number of alkyl halides is 4. The normalized spacial score (nSPS) is 12.6. The first kappa shape index (κ1) is 22.5. The predicted molar refractivity (Wildman–Crippen MR) is 98.9 cm³/mol. The van der Waals surface area contributed by atoms with E-state index in [2.05, 4.69) is 15.1 Å². The first-order valence-corrected chi connectivity index (χ1v) is 9.08. The number of aromatic nitrogens is 4. The van der Waals surface area contributed by atoms with Crippen LogP contribution in [0, 0.1) is 12.7 Å². The highest BCUT2D eigenvalue weighted by molar-refractivity contribution is 5.77. The van der Waals surface area contributed by atoms with Gasteiger partial charge < -0.3 is 4.98 Å². The number of nitrogens with zero attached hydrogens (tertiary/aromatic N) is 3. The van der Waals surface area contributed by atoms with Crippen LogP contribution in [0.25, 0.3) is 11.0 Å². The first-order chi connectivity index (χ1) is 13.7. The molecule has 0 aliphatic heterocycles. The number of hydrogen-bond acceptors (Lipinski definition) is 3. The zero-order valence-corrected chi connectivity index (χ0v) is 16.4. The average molecular weight is 416 g/mol. The minimum Gasteiger partial charge on any atom is -0.310 e. The summed E-state index contributed by atoms with van der Waals surface area (Å²) in [5.41, 5.74) is -1.77. The number of H-pyrrole nitrogens is 1. The smallest absolute Gasteiger partial charge is 0.310 e. The second-order valence-corrected chi connectivity index (χ2v) is 6.04. The summed E-state index contributed by atoms with van der Waals surface area (Å²) >= 11 is 0. The lowest BCUT2D eigenvalue weighted by Gasteiger charge is -2.18. The molecule has 3 aromatic rings. The Bertz CT molecular complexity index is 1060. The molecule has 1 aromatic carbocycles. The van der Waals surface area contributed by atoms with Crippen LogP contribution in [0.15, 0.2) is 23.0 Å². The Morgan fingerprint density at radius 2 is 1.90 bits per heavy atom. The Labute approximate surface area is 163 Å². The molecule has 0 amide bonds. The number of halogens is 5. The van der Waals surface area contributed by atoms with Crippen molar-refractivity contribution >= 4 is 11.0 Å². The number of hydrogen-bond donors (Lipinski definition) is 1. The van der Waals surface area contributed by atoms with Gasteiger partial charge in [0.25, 0.3) is 5.56 Å². The molecule has 10 heteroatoms. The monoisotopic (exact) mass is 416 g/mol. The molecule has 29 heavy (non-hydrogen) atoms. The minimum atomic E-state index is -4.81. The molecular weight excluding hydrogens is 395 g/mol. The average Bonchev–Trinajstić information content (AvgIpc) is 3.02. The van der Waals surface area contributed by atoms with Gasteiger partial charge in [0.05, 0.1) is 11.6 Å². The third-order valence-electron chi connectivity index (χ3n) is 4.24. The van der Waals surface area contributed by atoms with Gasteiger partial charge in [-0.15, -0.1) is 0 Å². The van der Waals surface area contributed by atoms with E-state index in [1.54, 1.807) is 6.92 Å². The third-order valence-corrected chi connectivity index (χ3v) is 4.24. The Morgan fingerprint density at radius 1 is 1.24 bits per heavy atom. The SMILES string of the molecule is CC.CCC(c1ccc(C(F)(F)F)c(F)c1)n1nc(CF)c2c(=O)[nH]c(C)nc21. The van der Waals surface area contributed by atoms with Crippen molar-refractivity contribution in [2.75, 3.05) is 0 Å². The van der Waals surface area contributed by atoms with E-state index in [1.165, 1.54) is 11.6 Å². The topological polar surface area (TPSA) is 63.6 Å². The molecule has 158 valence electrons. The molecule has 0 saturated heterocycles. The summed E-state index contributed by atoms with van der Waals surface area (Å²) in [5.74, 6) is -1.14. The van der Waals surface area contributed by atoms with Crippen molar-refractivity contribution in [1.29, 1.82) is 0 Å². The van der Waals surface area contributed by atoms with Crippen LogP contribution in [0.2, 0.25) is 0 Å². The quantitative estimate of drug-likeness (QED) is 0.603. The molecule has 0 aliphatic carbocycles. The van der Waals surface area contributed by atoms with Gasteiger partial charge in [-0.2, -0.15) is 18.3 Å². The molecule has 1 unspecified atom stereocenters. The van der Waals surface area contributed by atoms with Crippen molar-refractivity contribution < 1.29 is 22.0 Å². The largest absolute Gasteiger partial charge is 0.419 e. The number of rotatable bonds is 4. The fraction of sp³-hybridized carbons (Fsp3) is 0.421. The molecule has 0 aliphatic rings. The Kier molecular flexibility index (Phi) is 6.76. The lowest BCUT2D eigenvalue weighted by Crippen LogP contribution is -2.16. The molecule has 2 heterocycles. The van der Waals surface area contributed by atoms with Crippen LogP contribution < -0.4 is 5.56 Å².